The van der Waals surface area contributed by atoms with Crippen LogP contribution >= 0.6 is 0 Å². The fourth-order valence-corrected chi connectivity index (χ4v) is 1.72. The summed E-state index contributed by atoms with van der Waals surface area (Å²) in [5.41, 5.74) is 6.86. The maximum atomic E-state index is 10.9. The monoisotopic (exact) mass is 266 g/mol. The van der Waals surface area contributed by atoms with Gasteiger partial charge in [0.25, 0.3) is 0 Å². The quantitative estimate of drug-likeness (QED) is 0.796. The number of aromatic carboxylic acids is 1. The third kappa shape index (κ3) is 6.94. The molecule has 0 aliphatic heterocycles. The van der Waals surface area contributed by atoms with Crippen LogP contribution in [0.1, 0.15) is 43.1 Å². The van der Waals surface area contributed by atoms with E-state index in [2.05, 4.69) is 11.8 Å². The zero-order valence-electron chi connectivity index (χ0n) is 12.2. The van der Waals surface area contributed by atoms with Crippen LogP contribution in [0.2, 0.25) is 0 Å². The summed E-state index contributed by atoms with van der Waals surface area (Å²) in [7, 11) is 0. The van der Waals surface area contributed by atoms with E-state index >= 15 is 0 Å². The number of benzene rings is 1. The molecule has 1 rings (SSSR count). The Kier molecular flexibility index (Phi) is 9.75. The Balaban J connectivity index is 0.00000154. The minimum absolute atomic E-state index is 0.345. The molecule has 3 N–H and O–H groups in total. The van der Waals surface area contributed by atoms with Gasteiger partial charge >= 0.3 is 5.97 Å². The normalized spacial score (nSPS) is 9.95. The maximum Gasteiger partial charge on any atom is 0.335 e. The fraction of sp³-hybridized carbons (Fsp3) is 0.533. The van der Waals surface area contributed by atoms with E-state index in [-0.39, 0.29) is 0 Å². The first-order valence-corrected chi connectivity index (χ1v) is 6.92. The van der Waals surface area contributed by atoms with E-state index in [0.717, 1.165) is 31.6 Å². The zero-order chi connectivity index (χ0) is 14.7. The van der Waals surface area contributed by atoms with Gasteiger partial charge in [-0.1, -0.05) is 32.9 Å². The summed E-state index contributed by atoms with van der Waals surface area (Å²) in [4.78, 5) is 13.1. The van der Waals surface area contributed by atoms with Gasteiger partial charge in [0, 0.05) is 6.54 Å². The second-order valence-electron chi connectivity index (χ2n) is 4.02. The van der Waals surface area contributed by atoms with Crippen LogP contribution in [0.25, 0.3) is 0 Å². The van der Waals surface area contributed by atoms with Gasteiger partial charge < -0.3 is 10.8 Å². The highest BCUT2D eigenvalue weighted by Gasteiger charge is 2.06. The lowest BCUT2D eigenvalue weighted by atomic mass is 10.1. The second-order valence-corrected chi connectivity index (χ2v) is 4.02. The van der Waals surface area contributed by atoms with Gasteiger partial charge in [-0.2, -0.15) is 0 Å². The van der Waals surface area contributed by atoms with Crippen LogP contribution in [-0.2, 0) is 6.54 Å². The van der Waals surface area contributed by atoms with Crippen molar-refractivity contribution in [2.75, 3.05) is 19.6 Å². The van der Waals surface area contributed by atoms with Crippen molar-refractivity contribution in [3.05, 3.63) is 35.4 Å². The Morgan fingerprint density at radius 1 is 1.37 bits per heavy atom. The molecule has 0 aliphatic rings. The number of carbonyl (C=O) groups is 1. The molecule has 0 saturated heterocycles. The molecule has 0 saturated carbocycles. The van der Waals surface area contributed by atoms with Crippen molar-refractivity contribution < 1.29 is 9.90 Å². The molecule has 19 heavy (non-hydrogen) atoms. The molecule has 0 aliphatic carbocycles. The minimum atomic E-state index is -0.878. The number of nitrogens with zero attached hydrogens (tertiary/aromatic N) is 1. The van der Waals surface area contributed by atoms with Gasteiger partial charge in [-0.25, -0.2) is 4.79 Å². The highest BCUT2D eigenvalue weighted by Crippen LogP contribution is 2.08. The molecular weight excluding hydrogens is 240 g/mol. The third-order valence-electron chi connectivity index (χ3n) is 2.71. The molecule has 0 unspecified atom stereocenters. The van der Waals surface area contributed by atoms with E-state index in [0.29, 0.717) is 12.1 Å². The van der Waals surface area contributed by atoms with E-state index in [9.17, 15) is 4.79 Å². The van der Waals surface area contributed by atoms with Crippen LogP contribution in [-0.4, -0.2) is 35.6 Å². The Bertz CT molecular complexity index is 367. The molecule has 0 fully saturated rings. The average Bonchev–Trinajstić information content (AvgIpc) is 2.45. The van der Waals surface area contributed by atoms with Gasteiger partial charge in [-0.3, -0.25) is 4.90 Å². The number of carboxylic acids is 1. The van der Waals surface area contributed by atoms with E-state index in [4.69, 9.17) is 10.8 Å². The van der Waals surface area contributed by atoms with Gasteiger partial charge in [-0.15, -0.1) is 0 Å². The molecule has 0 amide bonds. The molecule has 0 radical (unpaired) electrons. The van der Waals surface area contributed by atoms with E-state index < -0.39 is 5.97 Å². The number of hydrogen-bond acceptors (Lipinski definition) is 3. The predicted molar refractivity (Wildman–Crippen MR) is 79.4 cm³/mol. The van der Waals surface area contributed by atoms with Gasteiger partial charge in [-0.05, 0) is 43.8 Å². The summed E-state index contributed by atoms with van der Waals surface area (Å²) in [5.74, 6) is -0.878. The Morgan fingerprint density at radius 3 is 2.58 bits per heavy atom. The molecule has 1 aromatic carbocycles. The standard InChI is InChI=1S/C13H20N2O2.C2H6/c1-2-15(8-4-7-14)10-11-5-3-6-12(9-11)13(16)17;1-2/h3,5-6,9H,2,4,7-8,10,14H2,1H3,(H,16,17);1-2H3. The van der Waals surface area contributed by atoms with Crippen molar-refractivity contribution in [3.63, 3.8) is 0 Å². The average molecular weight is 266 g/mol. The lowest BCUT2D eigenvalue weighted by Gasteiger charge is -2.20. The largest absolute Gasteiger partial charge is 0.478 e. The molecule has 4 nitrogen and oxygen atoms in total. The SMILES string of the molecule is CC.CCN(CCCN)Cc1cccc(C(=O)O)c1. The summed E-state index contributed by atoms with van der Waals surface area (Å²) in [6, 6.07) is 7.09. The Morgan fingerprint density at radius 2 is 2.05 bits per heavy atom. The van der Waals surface area contributed by atoms with Crippen LogP contribution in [0.4, 0.5) is 0 Å². The molecule has 0 heterocycles. The van der Waals surface area contributed by atoms with Crippen LogP contribution in [0.3, 0.4) is 0 Å². The number of rotatable bonds is 7. The number of hydrogen-bond donors (Lipinski definition) is 2. The summed E-state index contributed by atoms with van der Waals surface area (Å²) in [6.07, 6.45) is 0.965. The highest BCUT2D eigenvalue weighted by molar-refractivity contribution is 5.87. The summed E-state index contributed by atoms with van der Waals surface area (Å²) in [5, 5.41) is 8.91. The number of carboxylic acid groups (broad SMARTS) is 1. The van der Waals surface area contributed by atoms with Crippen molar-refractivity contribution in [1.82, 2.24) is 4.90 Å². The van der Waals surface area contributed by atoms with Crippen molar-refractivity contribution >= 4 is 5.97 Å². The smallest absolute Gasteiger partial charge is 0.335 e. The molecule has 1 aromatic rings. The van der Waals surface area contributed by atoms with Crippen LogP contribution < -0.4 is 5.73 Å². The molecule has 4 heteroatoms. The van der Waals surface area contributed by atoms with Gasteiger partial charge in [0.15, 0.2) is 0 Å². The minimum Gasteiger partial charge on any atom is -0.478 e. The molecule has 0 aromatic heterocycles. The van der Waals surface area contributed by atoms with Crippen molar-refractivity contribution in [1.29, 1.82) is 0 Å². The Labute approximate surface area is 116 Å². The van der Waals surface area contributed by atoms with Crippen molar-refractivity contribution in [2.45, 2.75) is 33.7 Å². The van der Waals surface area contributed by atoms with Gasteiger partial charge in [0.1, 0.15) is 0 Å². The molecule has 0 bridgehead atoms. The fourth-order valence-electron chi connectivity index (χ4n) is 1.72. The van der Waals surface area contributed by atoms with Crippen LogP contribution in [0, 0.1) is 0 Å². The lowest BCUT2D eigenvalue weighted by molar-refractivity contribution is 0.0696. The molecule has 0 spiro atoms. The second kappa shape index (κ2) is 10.5. The first-order chi connectivity index (χ1) is 9.17. The first-order valence-electron chi connectivity index (χ1n) is 6.92. The van der Waals surface area contributed by atoms with Crippen molar-refractivity contribution in [2.24, 2.45) is 5.73 Å². The molecular formula is C15H26N2O2. The third-order valence-corrected chi connectivity index (χ3v) is 2.71. The maximum absolute atomic E-state index is 10.9. The van der Waals surface area contributed by atoms with Crippen LogP contribution in [0.15, 0.2) is 24.3 Å². The van der Waals surface area contributed by atoms with E-state index in [1.54, 1.807) is 18.2 Å². The summed E-state index contributed by atoms with van der Waals surface area (Å²) >= 11 is 0. The Hall–Kier alpha value is -1.39. The highest BCUT2D eigenvalue weighted by atomic mass is 16.4. The van der Waals surface area contributed by atoms with Crippen LogP contribution in [0.5, 0.6) is 0 Å². The van der Waals surface area contributed by atoms with E-state index in [1.165, 1.54) is 0 Å². The van der Waals surface area contributed by atoms with Crippen molar-refractivity contribution in [3.8, 4) is 0 Å². The summed E-state index contributed by atoms with van der Waals surface area (Å²) < 4.78 is 0. The van der Waals surface area contributed by atoms with Gasteiger partial charge in [0.2, 0.25) is 0 Å². The topological polar surface area (TPSA) is 66.6 Å². The number of nitrogens with two attached hydrogens (primary N) is 1. The predicted octanol–water partition coefficient (Wildman–Crippen LogP) is 2.58. The van der Waals surface area contributed by atoms with E-state index in [1.807, 2.05) is 19.9 Å². The lowest BCUT2D eigenvalue weighted by Crippen LogP contribution is -2.25. The molecule has 108 valence electrons. The van der Waals surface area contributed by atoms with Gasteiger partial charge in [0.05, 0.1) is 5.56 Å². The molecule has 0 atom stereocenters. The first kappa shape index (κ1) is 17.6. The summed E-state index contributed by atoms with van der Waals surface area (Å²) in [6.45, 7) is 9.45. The zero-order valence-corrected chi connectivity index (χ0v) is 12.2.